The fourth-order valence-electron chi connectivity index (χ4n) is 1.72. The van der Waals surface area contributed by atoms with Gasteiger partial charge in [0, 0.05) is 0 Å². The second-order valence-electron chi connectivity index (χ2n) is 4.55. The van der Waals surface area contributed by atoms with Crippen molar-refractivity contribution in [1.29, 1.82) is 0 Å². The summed E-state index contributed by atoms with van der Waals surface area (Å²) in [6.07, 6.45) is 1.12. The molecule has 1 aromatic carbocycles. The number of likely N-dealkylation sites (N-methyl/N-ethyl adjacent to an activating group) is 1. The lowest BCUT2D eigenvalue weighted by molar-refractivity contribution is -0.143. The van der Waals surface area contributed by atoms with Crippen LogP contribution >= 0.6 is 0 Å². The van der Waals surface area contributed by atoms with Crippen LogP contribution in [0.15, 0.2) is 24.3 Å². The van der Waals surface area contributed by atoms with E-state index in [1.54, 1.807) is 7.05 Å². The summed E-state index contributed by atoms with van der Waals surface area (Å²) in [5.41, 5.74) is 1.30. The Morgan fingerprint density at radius 1 is 1.32 bits per heavy atom. The molecule has 0 fully saturated rings. The average Bonchev–Trinajstić information content (AvgIpc) is 2.47. The molecular formula is C15H23NO3. The van der Waals surface area contributed by atoms with Crippen LogP contribution in [0.1, 0.15) is 31.7 Å². The van der Waals surface area contributed by atoms with Gasteiger partial charge in [-0.1, -0.05) is 26.0 Å². The van der Waals surface area contributed by atoms with E-state index in [1.807, 2.05) is 12.1 Å². The molecule has 106 valence electrons. The Balaban J connectivity index is 2.56. The SMILES string of the molecule is CCC(C)c1ccc(OCC(NC)C(=O)OC)cc1. The van der Waals surface area contributed by atoms with Crippen LogP contribution in [0.2, 0.25) is 0 Å². The predicted molar refractivity (Wildman–Crippen MR) is 75.5 cm³/mol. The molecule has 0 bridgehead atoms. The van der Waals surface area contributed by atoms with Gasteiger partial charge in [-0.15, -0.1) is 0 Å². The Kier molecular flexibility index (Phi) is 6.36. The van der Waals surface area contributed by atoms with Gasteiger partial charge in [0.15, 0.2) is 0 Å². The van der Waals surface area contributed by atoms with E-state index in [2.05, 4.69) is 36.0 Å². The Morgan fingerprint density at radius 2 is 1.95 bits per heavy atom. The lowest BCUT2D eigenvalue weighted by Gasteiger charge is -2.15. The number of esters is 1. The van der Waals surface area contributed by atoms with Crippen molar-refractivity contribution in [3.05, 3.63) is 29.8 Å². The zero-order chi connectivity index (χ0) is 14.3. The Hall–Kier alpha value is -1.55. The second kappa shape index (κ2) is 7.79. The molecule has 2 unspecified atom stereocenters. The highest BCUT2D eigenvalue weighted by Crippen LogP contribution is 2.21. The normalized spacial score (nSPS) is 13.7. The number of rotatable bonds is 7. The van der Waals surface area contributed by atoms with Crippen molar-refractivity contribution in [1.82, 2.24) is 5.32 Å². The first kappa shape index (κ1) is 15.5. The molecule has 1 N–H and O–H groups in total. The molecular weight excluding hydrogens is 242 g/mol. The summed E-state index contributed by atoms with van der Waals surface area (Å²) in [5.74, 6) is 0.990. The molecule has 1 aromatic rings. The summed E-state index contributed by atoms with van der Waals surface area (Å²) in [4.78, 5) is 11.4. The van der Waals surface area contributed by atoms with E-state index >= 15 is 0 Å². The summed E-state index contributed by atoms with van der Waals surface area (Å²) < 4.78 is 10.3. The maximum atomic E-state index is 11.4. The monoisotopic (exact) mass is 265 g/mol. The lowest BCUT2D eigenvalue weighted by atomic mass is 9.99. The van der Waals surface area contributed by atoms with E-state index in [4.69, 9.17) is 4.74 Å². The molecule has 19 heavy (non-hydrogen) atoms. The van der Waals surface area contributed by atoms with E-state index in [1.165, 1.54) is 12.7 Å². The molecule has 0 radical (unpaired) electrons. The molecule has 0 saturated heterocycles. The van der Waals surface area contributed by atoms with Crippen molar-refractivity contribution in [3.8, 4) is 5.75 Å². The van der Waals surface area contributed by atoms with E-state index < -0.39 is 6.04 Å². The van der Waals surface area contributed by atoms with Crippen LogP contribution < -0.4 is 10.1 Å². The number of carbonyl (C=O) groups excluding carboxylic acids is 1. The Morgan fingerprint density at radius 3 is 2.42 bits per heavy atom. The van der Waals surface area contributed by atoms with E-state index in [0.29, 0.717) is 5.92 Å². The summed E-state index contributed by atoms with van der Waals surface area (Å²) in [7, 11) is 3.07. The highest BCUT2D eigenvalue weighted by Gasteiger charge is 2.17. The second-order valence-corrected chi connectivity index (χ2v) is 4.55. The van der Waals surface area contributed by atoms with E-state index in [-0.39, 0.29) is 12.6 Å². The first-order valence-corrected chi connectivity index (χ1v) is 6.60. The largest absolute Gasteiger partial charge is 0.491 e. The van der Waals surface area contributed by atoms with Gasteiger partial charge in [0.25, 0.3) is 0 Å². The number of ether oxygens (including phenoxy) is 2. The highest BCUT2D eigenvalue weighted by molar-refractivity contribution is 5.75. The summed E-state index contributed by atoms with van der Waals surface area (Å²) >= 11 is 0. The summed E-state index contributed by atoms with van der Waals surface area (Å²) in [6, 6.07) is 7.56. The van der Waals surface area contributed by atoms with Crippen molar-refractivity contribution >= 4 is 5.97 Å². The first-order chi connectivity index (χ1) is 9.12. The predicted octanol–water partition coefficient (Wildman–Crippen LogP) is 2.34. The number of hydrogen-bond acceptors (Lipinski definition) is 4. The summed E-state index contributed by atoms with van der Waals surface area (Å²) in [6.45, 7) is 4.62. The van der Waals surface area contributed by atoms with Gasteiger partial charge in [-0.25, -0.2) is 0 Å². The van der Waals surface area contributed by atoms with Crippen molar-refractivity contribution < 1.29 is 14.3 Å². The topological polar surface area (TPSA) is 47.6 Å². The van der Waals surface area contributed by atoms with Crippen molar-refractivity contribution in [3.63, 3.8) is 0 Å². The van der Waals surface area contributed by atoms with Crippen LogP contribution in [0.4, 0.5) is 0 Å². The van der Waals surface area contributed by atoms with Gasteiger partial charge < -0.3 is 14.8 Å². The van der Waals surface area contributed by atoms with Crippen LogP contribution in [-0.4, -0.2) is 32.8 Å². The fourth-order valence-corrected chi connectivity index (χ4v) is 1.72. The number of nitrogens with one attached hydrogen (secondary N) is 1. The van der Waals surface area contributed by atoms with Gasteiger partial charge >= 0.3 is 5.97 Å². The van der Waals surface area contributed by atoms with Gasteiger partial charge in [0.2, 0.25) is 0 Å². The van der Waals surface area contributed by atoms with Gasteiger partial charge in [-0.3, -0.25) is 4.79 Å². The number of hydrogen-bond donors (Lipinski definition) is 1. The maximum absolute atomic E-state index is 11.4. The molecule has 2 atom stereocenters. The molecule has 4 nitrogen and oxygen atoms in total. The Labute approximate surface area is 115 Å². The Bertz CT molecular complexity index is 389. The van der Waals surface area contributed by atoms with Gasteiger partial charge in [0.1, 0.15) is 18.4 Å². The van der Waals surface area contributed by atoms with Gasteiger partial charge in [-0.2, -0.15) is 0 Å². The molecule has 0 heterocycles. The minimum absolute atomic E-state index is 0.256. The van der Waals surface area contributed by atoms with Gasteiger partial charge in [0.05, 0.1) is 7.11 Å². The van der Waals surface area contributed by atoms with E-state index in [9.17, 15) is 4.79 Å². The third-order valence-electron chi connectivity index (χ3n) is 3.31. The molecule has 1 rings (SSSR count). The van der Waals surface area contributed by atoms with Crippen LogP contribution in [0, 0.1) is 0 Å². The van der Waals surface area contributed by atoms with Crippen LogP contribution in [0.3, 0.4) is 0 Å². The molecule has 0 aliphatic rings. The number of carbonyl (C=O) groups is 1. The molecule has 0 aliphatic heterocycles. The van der Waals surface area contributed by atoms with Gasteiger partial charge in [-0.05, 0) is 37.1 Å². The van der Waals surface area contributed by atoms with Crippen molar-refractivity contribution in [2.75, 3.05) is 20.8 Å². The zero-order valence-corrected chi connectivity index (χ0v) is 12.1. The number of benzene rings is 1. The third kappa shape index (κ3) is 4.56. The first-order valence-electron chi connectivity index (χ1n) is 6.60. The molecule has 0 aromatic heterocycles. The zero-order valence-electron chi connectivity index (χ0n) is 12.1. The number of methoxy groups -OCH3 is 1. The van der Waals surface area contributed by atoms with Crippen LogP contribution in [-0.2, 0) is 9.53 Å². The summed E-state index contributed by atoms with van der Waals surface area (Å²) in [5, 5.41) is 2.86. The lowest BCUT2D eigenvalue weighted by Crippen LogP contribution is -2.40. The minimum atomic E-state index is -0.445. The van der Waals surface area contributed by atoms with Crippen molar-refractivity contribution in [2.24, 2.45) is 0 Å². The highest BCUT2D eigenvalue weighted by atomic mass is 16.5. The molecule has 0 spiro atoms. The molecule has 4 heteroatoms. The van der Waals surface area contributed by atoms with E-state index in [0.717, 1.165) is 12.2 Å². The molecule has 0 saturated carbocycles. The van der Waals surface area contributed by atoms with Crippen LogP contribution in [0.5, 0.6) is 5.75 Å². The average molecular weight is 265 g/mol. The van der Waals surface area contributed by atoms with Crippen LogP contribution in [0.25, 0.3) is 0 Å². The minimum Gasteiger partial charge on any atom is -0.491 e. The molecule has 0 amide bonds. The molecule has 0 aliphatic carbocycles. The standard InChI is InChI=1S/C15H23NO3/c1-5-11(2)12-6-8-13(9-7-12)19-10-14(16-3)15(17)18-4/h6-9,11,14,16H,5,10H2,1-4H3. The fraction of sp³-hybridized carbons (Fsp3) is 0.533. The smallest absolute Gasteiger partial charge is 0.326 e. The maximum Gasteiger partial charge on any atom is 0.326 e. The third-order valence-corrected chi connectivity index (χ3v) is 3.31. The quantitative estimate of drug-likeness (QED) is 0.769. The van der Waals surface area contributed by atoms with Crippen molar-refractivity contribution in [2.45, 2.75) is 32.2 Å².